The quantitative estimate of drug-likeness (QED) is 0.187. The lowest BCUT2D eigenvalue weighted by atomic mass is 10.2. The van der Waals surface area contributed by atoms with E-state index in [1.54, 1.807) is 13.1 Å². The van der Waals surface area contributed by atoms with Gasteiger partial charge in [-0.2, -0.15) is 8.68 Å². The van der Waals surface area contributed by atoms with Crippen molar-refractivity contribution in [3.05, 3.63) is 42.2 Å². The minimum atomic E-state index is -4.13. The van der Waals surface area contributed by atoms with Crippen LogP contribution < -0.4 is 5.32 Å². The van der Waals surface area contributed by atoms with Crippen LogP contribution in [0.3, 0.4) is 0 Å². The smallest absolute Gasteiger partial charge is 0.305 e. The number of carbonyl (C=O) groups excluding carboxylic acids is 1. The van der Waals surface area contributed by atoms with E-state index in [1.165, 1.54) is 15.8 Å². The Balaban J connectivity index is 1.47. The number of nitrogens with zero attached hydrogens (tertiary/aromatic N) is 4. The summed E-state index contributed by atoms with van der Waals surface area (Å²) in [6.07, 6.45) is 8.71. The van der Waals surface area contributed by atoms with Gasteiger partial charge in [0, 0.05) is 56.0 Å². The second-order valence-electron chi connectivity index (χ2n) is 8.52. The molecule has 0 unspecified atom stereocenters. The number of unbranched alkanes of at least 4 members (excludes halogenated alkanes) is 5. The van der Waals surface area contributed by atoms with Gasteiger partial charge in [0.25, 0.3) is 0 Å². The van der Waals surface area contributed by atoms with Crippen LogP contribution >= 0.6 is 11.5 Å². The van der Waals surface area contributed by atoms with Gasteiger partial charge in [-0.05, 0) is 44.7 Å². The van der Waals surface area contributed by atoms with Crippen molar-refractivity contribution in [3.8, 4) is 0 Å². The minimum Gasteiger partial charge on any atom is -0.466 e. The number of sulfonamides is 1. The van der Waals surface area contributed by atoms with Crippen molar-refractivity contribution < 1.29 is 26.7 Å². The summed E-state index contributed by atoms with van der Waals surface area (Å²) < 4.78 is 66.4. The highest BCUT2D eigenvalue weighted by molar-refractivity contribution is 7.89. The van der Waals surface area contributed by atoms with E-state index in [0.717, 1.165) is 48.8 Å². The predicted molar refractivity (Wildman–Crippen MR) is 138 cm³/mol. The summed E-state index contributed by atoms with van der Waals surface area (Å²) in [6, 6.07) is 2.49. The number of carbonyl (C=O) groups is 1. The molecule has 9 nitrogen and oxygen atoms in total. The molecule has 0 aliphatic heterocycles. The van der Waals surface area contributed by atoms with Crippen LogP contribution in [0.2, 0.25) is 0 Å². The second kappa shape index (κ2) is 14.3. The van der Waals surface area contributed by atoms with Crippen molar-refractivity contribution >= 4 is 38.4 Å². The fourth-order valence-corrected chi connectivity index (χ4v) is 6.10. The number of rotatable bonds is 17. The molecule has 13 heteroatoms. The van der Waals surface area contributed by atoms with Crippen molar-refractivity contribution in [2.45, 2.75) is 63.2 Å². The topological polar surface area (TPSA) is 106 Å². The first kappa shape index (κ1) is 28.9. The standard InChI is InChI=1S/C24H33F2N5O4S2/c1-2-35-22(32)10-6-5-9-16-30(37(33,34)21-12-11-19(25)18-20(21)26)15-8-4-3-7-13-27-23-29-36-24-28-14-17-31(23)24/h11-12,14,17-18H,2-10,13,15-16H2,1H3,(H,27,29). The van der Waals surface area contributed by atoms with Gasteiger partial charge in [0.2, 0.25) is 20.9 Å². The first-order chi connectivity index (χ1) is 17.8. The highest BCUT2D eigenvalue weighted by atomic mass is 32.2. The lowest BCUT2D eigenvalue weighted by Gasteiger charge is -2.22. The van der Waals surface area contributed by atoms with E-state index in [0.29, 0.717) is 38.4 Å². The molecule has 0 aliphatic carbocycles. The third kappa shape index (κ3) is 8.44. The number of nitrogens with one attached hydrogen (secondary N) is 1. The molecular formula is C24H33F2N5O4S2. The van der Waals surface area contributed by atoms with E-state index in [1.807, 2.05) is 10.6 Å². The Morgan fingerprint density at radius 1 is 1.11 bits per heavy atom. The van der Waals surface area contributed by atoms with Gasteiger partial charge in [0.1, 0.15) is 16.5 Å². The Bertz CT molecular complexity index is 1250. The van der Waals surface area contributed by atoms with E-state index < -0.39 is 26.6 Å². The first-order valence-electron chi connectivity index (χ1n) is 12.5. The largest absolute Gasteiger partial charge is 0.466 e. The number of ether oxygens (including phenoxy) is 1. The molecule has 0 atom stereocenters. The Labute approximate surface area is 220 Å². The van der Waals surface area contributed by atoms with E-state index >= 15 is 0 Å². The van der Waals surface area contributed by atoms with Crippen LogP contribution in [-0.4, -0.2) is 58.7 Å². The van der Waals surface area contributed by atoms with Crippen molar-refractivity contribution in [2.75, 3.05) is 31.6 Å². The molecule has 3 aromatic rings. The molecule has 0 aliphatic rings. The molecule has 0 saturated carbocycles. The molecule has 0 fully saturated rings. The van der Waals surface area contributed by atoms with Gasteiger partial charge in [0.15, 0.2) is 0 Å². The van der Waals surface area contributed by atoms with Crippen LogP contribution in [0.5, 0.6) is 0 Å². The third-order valence-corrected chi connectivity index (χ3v) is 8.43. The summed E-state index contributed by atoms with van der Waals surface area (Å²) in [4.78, 5) is 16.0. The number of imidazole rings is 1. The molecule has 204 valence electrons. The molecule has 37 heavy (non-hydrogen) atoms. The SMILES string of the molecule is CCOC(=O)CCCCCN(CCCCCCNc1nsc2nccn12)S(=O)(=O)c1ccc(F)cc1F. The normalized spacial score (nSPS) is 11.9. The van der Waals surface area contributed by atoms with Crippen molar-refractivity contribution in [1.29, 1.82) is 0 Å². The average molecular weight is 558 g/mol. The van der Waals surface area contributed by atoms with E-state index in [2.05, 4.69) is 14.7 Å². The number of benzene rings is 1. The predicted octanol–water partition coefficient (Wildman–Crippen LogP) is 4.86. The molecule has 0 saturated heterocycles. The molecule has 3 rings (SSSR count). The van der Waals surface area contributed by atoms with Crippen LogP contribution in [0.25, 0.3) is 4.96 Å². The fraction of sp³-hybridized carbons (Fsp3) is 0.542. The van der Waals surface area contributed by atoms with Crippen LogP contribution in [-0.2, 0) is 19.6 Å². The number of hydrogen-bond donors (Lipinski definition) is 1. The van der Waals surface area contributed by atoms with Gasteiger partial charge in [0.05, 0.1) is 6.61 Å². The molecule has 1 aromatic carbocycles. The maximum atomic E-state index is 14.3. The van der Waals surface area contributed by atoms with Crippen LogP contribution in [0.1, 0.15) is 58.3 Å². The lowest BCUT2D eigenvalue weighted by Crippen LogP contribution is -2.33. The molecule has 2 heterocycles. The molecule has 0 radical (unpaired) electrons. The summed E-state index contributed by atoms with van der Waals surface area (Å²) in [5.41, 5.74) is 0. The zero-order valence-corrected chi connectivity index (χ0v) is 22.5. The Hall–Kier alpha value is -2.64. The Morgan fingerprint density at radius 3 is 2.57 bits per heavy atom. The Morgan fingerprint density at radius 2 is 1.84 bits per heavy atom. The summed E-state index contributed by atoms with van der Waals surface area (Å²) in [5.74, 6) is -1.47. The third-order valence-electron chi connectivity index (χ3n) is 5.77. The maximum Gasteiger partial charge on any atom is 0.305 e. The number of esters is 1. The van der Waals surface area contributed by atoms with Crippen molar-refractivity contribution in [2.24, 2.45) is 0 Å². The number of hydrogen-bond acceptors (Lipinski definition) is 8. The van der Waals surface area contributed by atoms with Gasteiger partial charge in [-0.3, -0.25) is 9.20 Å². The van der Waals surface area contributed by atoms with E-state index in [4.69, 9.17) is 4.74 Å². The molecule has 2 aromatic heterocycles. The van der Waals surface area contributed by atoms with Gasteiger partial charge in [-0.15, -0.1) is 0 Å². The fourth-order valence-electron chi connectivity index (χ4n) is 3.87. The average Bonchev–Trinajstić information content (AvgIpc) is 3.46. The van der Waals surface area contributed by atoms with Gasteiger partial charge < -0.3 is 10.1 Å². The number of halogens is 2. The molecule has 0 bridgehead atoms. The molecule has 0 amide bonds. The molecule has 1 N–H and O–H groups in total. The first-order valence-corrected chi connectivity index (χ1v) is 14.7. The number of anilines is 1. The second-order valence-corrected chi connectivity index (χ2v) is 11.2. The molecular weight excluding hydrogens is 524 g/mol. The number of fused-ring (bicyclic) bond motifs is 1. The summed E-state index contributed by atoms with van der Waals surface area (Å²) in [7, 11) is -4.13. The van der Waals surface area contributed by atoms with Crippen molar-refractivity contribution in [3.63, 3.8) is 0 Å². The van der Waals surface area contributed by atoms with Gasteiger partial charge in [-0.25, -0.2) is 22.2 Å². The van der Waals surface area contributed by atoms with Crippen LogP contribution in [0.15, 0.2) is 35.5 Å². The maximum absolute atomic E-state index is 14.3. The Kier molecular flexibility index (Phi) is 11.2. The summed E-state index contributed by atoms with van der Waals surface area (Å²) in [5, 5.41) is 3.28. The number of aromatic nitrogens is 3. The van der Waals surface area contributed by atoms with Crippen LogP contribution in [0, 0.1) is 11.6 Å². The van der Waals surface area contributed by atoms with Crippen LogP contribution in [0.4, 0.5) is 14.7 Å². The minimum absolute atomic E-state index is 0.189. The lowest BCUT2D eigenvalue weighted by molar-refractivity contribution is -0.143. The zero-order chi connectivity index (χ0) is 26.7. The zero-order valence-electron chi connectivity index (χ0n) is 20.9. The highest BCUT2D eigenvalue weighted by Crippen LogP contribution is 2.22. The monoisotopic (exact) mass is 557 g/mol. The van der Waals surface area contributed by atoms with E-state index in [9.17, 15) is 22.0 Å². The highest BCUT2D eigenvalue weighted by Gasteiger charge is 2.27. The summed E-state index contributed by atoms with van der Waals surface area (Å²) >= 11 is 1.32. The molecule has 0 spiro atoms. The summed E-state index contributed by atoms with van der Waals surface area (Å²) in [6.45, 7) is 3.20. The van der Waals surface area contributed by atoms with Crippen molar-refractivity contribution in [1.82, 2.24) is 18.1 Å². The van der Waals surface area contributed by atoms with E-state index in [-0.39, 0.29) is 25.5 Å². The van der Waals surface area contributed by atoms with Gasteiger partial charge in [-0.1, -0.05) is 19.3 Å². The van der Waals surface area contributed by atoms with Gasteiger partial charge >= 0.3 is 5.97 Å².